The number of benzene rings is 4. The van der Waals surface area contributed by atoms with Crippen molar-refractivity contribution in [1.29, 1.82) is 0 Å². The van der Waals surface area contributed by atoms with Crippen molar-refractivity contribution >= 4 is 11.8 Å². The van der Waals surface area contributed by atoms with E-state index >= 15 is 0 Å². The first-order valence-corrected chi connectivity index (χ1v) is 14.5. The van der Waals surface area contributed by atoms with Gasteiger partial charge in [0.25, 0.3) is 5.91 Å². The Morgan fingerprint density at radius 1 is 0.907 bits per heavy atom. The van der Waals surface area contributed by atoms with Gasteiger partial charge >= 0.3 is 0 Å². The molecule has 0 bridgehead atoms. The van der Waals surface area contributed by atoms with Crippen LogP contribution in [0.4, 0.5) is 0 Å². The summed E-state index contributed by atoms with van der Waals surface area (Å²) in [7, 11) is 1.65. The molecule has 4 aromatic rings. The zero-order valence-corrected chi connectivity index (χ0v) is 24.2. The van der Waals surface area contributed by atoms with Crippen molar-refractivity contribution in [3.05, 3.63) is 131 Å². The Labute approximate surface area is 252 Å². The lowest BCUT2D eigenvalue weighted by atomic mass is 9.82. The molecule has 0 radical (unpaired) electrons. The van der Waals surface area contributed by atoms with Crippen LogP contribution in [0.2, 0.25) is 0 Å². The summed E-state index contributed by atoms with van der Waals surface area (Å²) in [5.74, 6) is 1.58. The second-order valence-corrected chi connectivity index (χ2v) is 10.3. The van der Waals surface area contributed by atoms with Gasteiger partial charge in [-0.25, -0.2) is 10.4 Å². The number of hydrogen-bond acceptors (Lipinski definition) is 7. The van der Waals surface area contributed by atoms with Crippen LogP contribution in [0.3, 0.4) is 0 Å². The van der Waals surface area contributed by atoms with Crippen molar-refractivity contribution in [2.24, 2.45) is 4.99 Å². The quantitative estimate of drug-likeness (QED) is 0.146. The number of ether oxygens (including phenoxy) is 3. The molecule has 0 aromatic heterocycles. The highest BCUT2D eigenvalue weighted by Gasteiger charge is 2.53. The Kier molecular flexibility index (Phi) is 10.0. The SMILES string of the molecule is COc1cccc(CCNNC(=O)[C@@]2(Cc3ccccc3)N=C(c3ccc(OCCCO)cc3)O[C@H]2c2ccccc2)c1. The van der Waals surface area contributed by atoms with Crippen LogP contribution < -0.4 is 20.3 Å². The molecule has 3 N–H and O–H groups in total. The lowest BCUT2D eigenvalue weighted by Gasteiger charge is -2.31. The van der Waals surface area contributed by atoms with E-state index in [0.29, 0.717) is 44.1 Å². The molecule has 0 fully saturated rings. The minimum absolute atomic E-state index is 0.0744. The number of aliphatic imine (C=N–C) groups is 1. The fraction of sp³-hybridized carbons (Fsp3) is 0.257. The van der Waals surface area contributed by atoms with Crippen LogP contribution >= 0.6 is 0 Å². The number of rotatable bonds is 14. The van der Waals surface area contributed by atoms with Crippen LogP contribution in [0, 0.1) is 0 Å². The third-order valence-corrected chi connectivity index (χ3v) is 7.32. The molecule has 0 aliphatic carbocycles. The molecule has 222 valence electrons. The van der Waals surface area contributed by atoms with E-state index in [4.69, 9.17) is 24.3 Å². The number of methoxy groups -OCH3 is 1. The van der Waals surface area contributed by atoms with Gasteiger partial charge in [0.05, 0.1) is 13.7 Å². The summed E-state index contributed by atoms with van der Waals surface area (Å²) in [6, 6.07) is 34.9. The summed E-state index contributed by atoms with van der Waals surface area (Å²) in [6.45, 7) is 1.02. The van der Waals surface area contributed by atoms with Gasteiger partial charge in [0.1, 0.15) is 11.5 Å². The van der Waals surface area contributed by atoms with Gasteiger partial charge in [-0.3, -0.25) is 10.2 Å². The van der Waals surface area contributed by atoms with Crippen LogP contribution in [0.1, 0.15) is 34.8 Å². The molecule has 5 rings (SSSR count). The van der Waals surface area contributed by atoms with Crippen LogP contribution in [-0.4, -0.2) is 49.3 Å². The standard InChI is InChI=1S/C35H37N3O5/c1-41-31-15-8-12-26(24-31)20-21-36-38-34(40)35(25-27-10-4-2-5-11-27)32(28-13-6-3-7-14-28)43-33(37-35)29-16-18-30(19-17-29)42-23-9-22-39/h2-8,10-19,24,32,36,39H,9,20-23,25H2,1H3,(H,38,40)/t32-,35-/m0/s1. The number of aliphatic hydroxyl groups excluding tert-OH is 1. The maximum Gasteiger partial charge on any atom is 0.266 e. The lowest BCUT2D eigenvalue weighted by molar-refractivity contribution is -0.130. The van der Waals surface area contributed by atoms with E-state index in [1.54, 1.807) is 7.11 Å². The highest BCUT2D eigenvalue weighted by atomic mass is 16.5. The van der Waals surface area contributed by atoms with Crippen LogP contribution in [0.5, 0.6) is 11.5 Å². The van der Waals surface area contributed by atoms with Gasteiger partial charge in [0.15, 0.2) is 11.6 Å². The minimum atomic E-state index is -1.28. The Hall–Kier alpha value is -4.66. The molecule has 4 aromatic carbocycles. The van der Waals surface area contributed by atoms with Crippen molar-refractivity contribution in [1.82, 2.24) is 10.9 Å². The van der Waals surface area contributed by atoms with E-state index in [-0.39, 0.29) is 12.5 Å². The molecule has 0 spiro atoms. The van der Waals surface area contributed by atoms with Gasteiger partial charge in [-0.15, -0.1) is 0 Å². The monoisotopic (exact) mass is 579 g/mol. The van der Waals surface area contributed by atoms with Crippen molar-refractivity contribution < 1.29 is 24.1 Å². The van der Waals surface area contributed by atoms with Crippen molar-refractivity contribution in [2.45, 2.75) is 30.9 Å². The van der Waals surface area contributed by atoms with Crippen LogP contribution in [-0.2, 0) is 22.4 Å². The predicted molar refractivity (Wildman–Crippen MR) is 166 cm³/mol. The molecule has 1 heterocycles. The summed E-state index contributed by atoms with van der Waals surface area (Å²) in [5, 5.41) is 9.04. The first-order valence-electron chi connectivity index (χ1n) is 14.5. The topological polar surface area (TPSA) is 101 Å². The Bertz CT molecular complexity index is 1500. The molecule has 1 aliphatic rings. The molecular weight excluding hydrogens is 542 g/mol. The fourth-order valence-corrected chi connectivity index (χ4v) is 5.10. The molecule has 1 aliphatic heterocycles. The number of carbonyl (C=O) groups is 1. The number of hydrazine groups is 1. The summed E-state index contributed by atoms with van der Waals surface area (Å²) in [5.41, 5.74) is 8.44. The maximum absolute atomic E-state index is 14.2. The average molecular weight is 580 g/mol. The highest BCUT2D eigenvalue weighted by molar-refractivity contribution is 6.01. The second kappa shape index (κ2) is 14.5. The van der Waals surface area contributed by atoms with Gasteiger partial charge in [-0.05, 0) is 59.5 Å². The average Bonchev–Trinajstić information content (AvgIpc) is 3.45. The Morgan fingerprint density at radius 2 is 1.63 bits per heavy atom. The van der Waals surface area contributed by atoms with Crippen molar-refractivity contribution in [3.63, 3.8) is 0 Å². The highest BCUT2D eigenvalue weighted by Crippen LogP contribution is 2.42. The van der Waals surface area contributed by atoms with E-state index < -0.39 is 11.6 Å². The van der Waals surface area contributed by atoms with Gasteiger partial charge in [-0.1, -0.05) is 72.8 Å². The number of aliphatic hydroxyl groups is 1. The normalized spacial score (nSPS) is 17.5. The van der Waals surface area contributed by atoms with Crippen molar-refractivity contribution in [2.75, 3.05) is 26.9 Å². The summed E-state index contributed by atoms with van der Waals surface area (Å²) in [6.07, 6.45) is 0.928. The van der Waals surface area contributed by atoms with Gasteiger partial charge in [0.2, 0.25) is 5.90 Å². The van der Waals surface area contributed by atoms with E-state index in [0.717, 1.165) is 28.0 Å². The van der Waals surface area contributed by atoms with Gasteiger partial charge in [-0.2, -0.15) is 0 Å². The molecule has 0 saturated heterocycles. The number of nitrogens with zero attached hydrogens (tertiary/aromatic N) is 1. The number of nitrogens with one attached hydrogen (secondary N) is 2. The van der Waals surface area contributed by atoms with E-state index in [1.165, 1.54) is 0 Å². The smallest absolute Gasteiger partial charge is 0.266 e. The van der Waals surface area contributed by atoms with Crippen LogP contribution in [0.25, 0.3) is 0 Å². The number of amides is 1. The number of carbonyl (C=O) groups excluding carboxylic acids is 1. The molecule has 8 heteroatoms. The first-order chi connectivity index (χ1) is 21.1. The molecule has 8 nitrogen and oxygen atoms in total. The van der Waals surface area contributed by atoms with Crippen LogP contribution in [0.15, 0.2) is 114 Å². The number of hydrogen-bond donors (Lipinski definition) is 3. The molecule has 43 heavy (non-hydrogen) atoms. The second-order valence-electron chi connectivity index (χ2n) is 10.3. The first kappa shape index (κ1) is 29.8. The Morgan fingerprint density at radius 3 is 2.35 bits per heavy atom. The third-order valence-electron chi connectivity index (χ3n) is 7.32. The fourth-order valence-electron chi connectivity index (χ4n) is 5.10. The van der Waals surface area contributed by atoms with Gasteiger partial charge in [0, 0.05) is 31.6 Å². The molecule has 0 unspecified atom stereocenters. The summed E-state index contributed by atoms with van der Waals surface area (Å²) >= 11 is 0. The summed E-state index contributed by atoms with van der Waals surface area (Å²) in [4.78, 5) is 19.3. The third kappa shape index (κ3) is 7.41. The predicted octanol–water partition coefficient (Wildman–Crippen LogP) is 4.82. The largest absolute Gasteiger partial charge is 0.497 e. The Balaban J connectivity index is 1.43. The molecule has 2 atom stereocenters. The maximum atomic E-state index is 14.2. The van der Waals surface area contributed by atoms with Gasteiger partial charge < -0.3 is 19.3 Å². The minimum Gasteiger partial charge on any atom is -0.497 e. The molecule has 1 amide bonds. The molecule has 0 saturated carbocycles. The zero-order valence-electron chi connectivity index (χ0n) is 24.2. The lowest BCUT2D eigenvalue weighted by Crippen LogP contribution is -2.54. The zero-order chi connectivity index (χ0) is 29.9. The van der Waals surface area contributed by atoms with E-state index in [9.17, 15) is 4.79 Å². The summed E-state index contributed by atoms with van der Waals surface area (Å²) < 4.78 is 17.6. The molecular formula is C35H37N3O5. The van der Waals surface area contributed by atoms with E-state index in [1.807, 2.05) is 109 Å². The van der Waals surface area contributed by atoms with Crippen molar-refractivity contribution in [3.8, 4) is 11.5 Å². The van der Waals surface area contributed by atoms with E-state index in [2.05, 4.69) is 10.9 Å².